The van der Waals surface area contributed by atoms with Crippen LogP contribution in [-0.2, 0) is 16.6 Å². The smallest absolute Gasteiger partial charge is 0.348 e. The first kappa shape index (κ1) is 18.2. The van der Waals surface area contributed by atoms with Crippen LogP contribution in [0.25, 0.3) is 6.08 Å². The number of carbonyl (C=O) groups excluding carboxylic acids is 2. The Morgan fingerprint density at radius 2 is 2.17 bits per heavy atom. The van der Waals surface area contributed by atoms with Crippen molar-refractivity contribution in [1.29, 1.82) is 0 Å². The molecule has 1 amide bonds. The van der Waals surface area contributed by atoms with Crippen molar-refractivity contribution in [2.45, 2.75) is 20.8 Å². The van der Waals surface area contributed by atoms with Crippen LogP contribution in [0.5, 0.6) is 0 Å². The Hall–Kier alpha value is -2.12. The zero-order valence-electron chi connectivity index (χ0n) is 13.8. The Balaban J connectivity index is 2.09. The van der Waals surface area contributed by atoms with E-state index in [-0.39, 0.29) is 11.9 Å². The molecule has 0 aliphatic carbocycles. The Morgan fingerprint density at radius 3 is 2.75 bits per heavy atom. The van der Waals surface area contributed by atoms with E-state index in [1.54, 1.807) is 37.7 Å². The molecule has 24 heavy (non-hydrogen) atoms. The van der Waals surface area contributed by atoms with Gasteiger partial charge in [-0.2, -0.15) is 5.10 Å². The van der Waals surface area contributed by atoms with Gasteiger partial charge in [0.1, 0.15) is 10.0 Å². The molecule has 2 heterocycles. The monoisotopic (exact) mass is 367 g/mol. The van der Waals surface area contributed by atoms with Gasteiger partial charge in [0.25, 0.3) is 0 Å². The van der Waals surface area contributed by atoms with E-state index in [2.05, 4.69) is 10.4 Å². The van der Waals surface area contributed by atoms with Crippen LogP contribution < -0.4 is 5.32 Å². The van der Waals surface area contributed by atoms with Gasteiger partial charge in [-0.05, 0) is 38.5 Å². The molecule has 0 atom stereocenters. The Kier molecular flexibility index (Phi) is 5.80. The summed E-state index contributed by atoms with van der Waals surface area (Å²) in [5.41, 5.74) is 2.20. The molecule has 0 saturated carbocycles. The molecule has 0 aromatic carbocycles. The van der Waals surface area contributed by atoms with Gasteiger partial charge in [-0.3, -0.25) is 9.48 Å². The average Bonchev–Trinajstić information content (AvgIpc) is 2.98. The summed E-state index contributed by atoms with van der Waals surface area (Å²) in [5.74, 6) is -0.695. The highest BCUT2D eigenvalue weighted by Crippen LogP contribution is 2.27. The van der Waals surface area contributed by atoms with E-state index < -0.39 is 0 Å². The van der Waals surface area contributed by atoms with Crippen LogP contribution in [0.2, 0.25) is 5.15 Å². The standard InChI is InChI=1S/C16H18ClN3O3S/c1-5-23-16(22)14-9(2)8-13(24-14)18-12(21)7-6-11-10(3)19-20(4)15(11)17/h6-8H,5H2,1-4H3,(H,18,21)/b7-6+. The lowest BCUT2D eigenvalue weighted by Crippen LogP contribution is -2.06. The number of nitrogens with one attached hydrogen (secondary N) is 1. The molecule has 128 valence electrons. The molecular weight excluding hydrogens is 350 g/mol. The van der Waals surface area contributed by atoms with Crippen molar-refractivity contribution < 1.29 is 14.3 Å². The minimum Gasteiger partial charge on any atom is -0.462 e. The second kappa shape index (κ2) is 7.63. The van der Waals surface area contributed by atoms with Crippen molar-refractivity contribution in [2.24, 2.45) is 7.05 Å². The lowest BCUT2D eigenvalue weighted by Gasteiger charge is -1.99. The van der Waals surface area contributed by atoms with Gasteiger partial charge in [0.15, 0.2) is 0 Å². The van der Waals surface area contributed by atoms with Crippen molar-refractivity contribution in [3.63, 3.8) is 0 Å². The molecule has 0 spiro atoms. The number of hydrogen-bond acceptors (Lipinski definition) is 5. The number of aryl methyl sites for hydroxylation is 3. The lowest BCUT2D eigenvalue weighted by atomic mass is 10.2. The van der Waals surface area contributed by atoms with Crippen LogP contribution >= 0.6 is 22.9 Å². The molecular formula is C16H18ClN3O3S. The number of esters is 1. The van der Waals surface area contributed by atoms with Gasteiger partial charge in [-0.15, -0.1) is 11.3 Å². The van der Waals surface area contributed by atoms with Crippen molar-refractivity contribution in [1.82, 2.24) is 9.78 Å². The van der Waals surface area contributed by atoms with Gasteiger partial charge in [0, 0.05) is 18.7 Å². The molecule has 8 heteroatoms. The quantitative estimate of drug-likeness (QED) is 0.647. The number of halogens is 1. The van der Waals surface area contributed by atoms with E-state index >= 15 is 0 Å². The summed E-state index contributed by atoms with van der Waals surface area (Å²) in [5, 5.41) is 7.96. The number of carbonyl (C=O) groups is 2. The van der Waals surface area contributed by atoms with E-state index in [1.807, 2.05) is 6.92 Å². The number of anilines is 1. The van der Waals surface area contributed by atoms with Gasteiger partial charge in [0.2, 0.25) is 5.91 Å². The van der Waals surface area contributed by atoms with Crippen LogP contribution in [0.15, 0.2) is 12.1 Å². The fourth-order valence-corrected chi connectivity index (χ4v) is 3.31. The van der Waals surface area contributed by atoms with E-state index in [9.17, 15) is 9.59 Å². The maximum Gasteiger partial charge on any atom is 0.348 e. The second-order valence-corrected chi connectivity index (χ2v) is 6.49. The number of rotatable bonds is 5. The summed E-state index contributed by atoms with van der Waals surface area (Å²) in [6, 6.07) is 1.74. The van der Waals surface area contributed by atoms with Crippen molar-refractivity contribution in [2.75, 3.05) is 11.9 Å². The molecule has 2 aromatic rings. The van der Waals surface area contributed by atoms with Gasteiger partial charge < -0.3 is 10.1 Å². The van der Waals surface area contributed by atoms with Gasteiger partial charge in [-0.25, -0.2) is 4.79 Å². The minimum atomic E-state index is -0.381. The third-order valence-corrected chi connectivity index (χ3v) is 4.80. The molecule has 0 fully saturated rings. The molecule has 2 aromatic heterocycles. The summed E-state index contributed by atoms with van der Waals surface area (Å²) < 4.78 is 6.53. The molecule has 1 N–H and O–H groups in total. The Labute approximate surface area is 149 Å². The molecule has 0 aliphatic heterocycles. The number of aromatic nitrogens is 2. The molecule has 0 radical (unpaired) electrons. The summed E-state index contributed by atoms with van der Waals surface area (Å²) in [7, 11) is 1.73. The fraction of sp³-hybridized carbons (Fsp3) is 0.312. The zero-order chi connectivity index (χ0) is 17.9. The largest absolute Gasteiger partial charge is 0.462 e. The van der Waals surface area contributed by atoms with Crippen LogP contribution in [0, 0.1) is 13.8 Å². The number of thiophene rings is 1. The first-order valence-corrected chi connectivity index (χ1v) is 8.48. The SMILES string of the molecule is CCOC(=O)c1sc(NC(=O)/C=C/c2c(C)nn(C)c2Cl)cc1C. The van der Waals surface area contributed by atoms with Crippen LogP contribution in [0.1, 0.15) is 33.4 Å². The second-order valence-electron chi connectivity index (χ2n) is 5.08. The summed E-state index contributed by atoms with van der Waals surface area (Å²) in [6.45, 7) is 5.68. The number of nitrogens with zero attached hydrogens (tertiary/aromatic N) is 2. The van der Waals surface area contributed by atoms with Gasteiger partial charge in [-0.1, -0.05) is 11.6 Å². The van der Waals surface area contributed by atoms with Gasteiger partial charge in [0.05, 0.1) is 17.3 Å². The first-order valence-electron chi connectivity index (χ1n) is 7.29. The summed E-state index contributed by atoms with van der Waals surface area (Å²) >= 11 is 7.30. The highest BCUT2D eigenvalue weighted by molar-refractivity contribution is 7.18. The fourth-order valence-electron chi connectivity index (χ4n) is 2.10. The normalized spacial score (nSPS) is 11.0. The third kappa shape index (κ3) is 4.04. The summed E-state index contributed by atoms with van der Waals surface area (Å²) in [6.07, 6.45) is 3.00. The van der Waals surface area contributed by atoms with Crippen molar-refractivity contribution in [3.8, 4) is 0 Å². The molecule has 0 saturated heterocycles. The maximum absolute atomic E-state index is 12.1. The van der Waals surface area contributed by atoms with Crippen molar-refractivity contribution in [3.05, 3.63) is 39.0 Å². The number of hydrogen-bond donors (Lipinski definition) is 1. The number of ether oxygens (including phenoxy) is 1. The average molecular weight is 368 g/mol. The molecule has 6 nitrogen and oxygen atoms in total. The minimum absolute atomic E-state index is 0.311. The number of amides is 1. The molecule has 0 unspecified atom stereocenters. The molecule has 0 aliphatic rings. The van der Waals surface area contributed by atoms with E-state index in [4.69, 9.17) is 16.3 Å². The van der Waals surface area contributed by atoms with Gasteiger partial charge >= 0.3 is 5.97 Å². The highest BCUT2D eigenvalue weighted by Gasteiger charge is 2.15. The lowest BCUT2D eigenvalue weighted by molar-refractivity contribution is -0.111. The maximum atomic E-state index is 12.1. The highest BCUT2D eigenvalue weighted by atomic mass is 35.5. The topological polar surface area (TPSA) is 73.2 Å². The van der Waals surface area contributed by atoms with E-state index in [0.29, 0.717) is 27.2 Å². The van der Waals surface area contributed by atoms with E-state index in [0.717, 1.165) is 11.3 Å². The van der Waals surface area contributed by atoms with Crippen LogP contribution in [0.3, 0.4) is 0 Å². The van der Waals surface area contributed by atoms with Crippen molar-refractivity contribution >= 4 is 45.9 Å². The van der Waals surface area contributed by atoms with Crippen LogP contribution in [-0.4, -0.2) is 28.3 Å². The predicted molar refractivity (Wildman–Crippen MR) is 95.6 cm³/mol. The summed E-state index contributed by atoms with van der Waals surface area (Å²) in [4.78, 5) is 24.3. The first-order chi connectivity index (χ1) is 11.3. The Morgan fingerprint density at radius 1 is 1.46 bits per heavy atom. The molecule has 2 rings (SSSR count). The zero-order valence-corrected chi connectivity index (χ0v) is 15.4. The predicted octanol–water partition coefficient (Wildman–Crippen LogP) is 3.58. The van der Waals surface area contributed by atoms with E-state index in [1.165, 1.54) is 17.4 Å². The molecule has 0 bridgehead atoms. The third-order valence-electron chi connectivity index (χ3n) is 3.22. The Bertz CT molecular complexity index is 808. The van der Waals surface area contributed by atoms with Crippen LogP contribution in [0.4, 0.5) is 5.00 Å².